The van der Waals surface area contributed by atoms with E-state index in [1.165, 1.54) is 0 Å². The lowest BCUT2D eigenvalue weighted by Crippen LogP contribution is -2.37. The maximum atomic E-state index is 11.9. The Hall–Kier alpha value is -3.24. The Balaban J connectivity index is 1.83. The molecule has 0 N–H and O–H groups in total. The minimum absolute atomic E-state index is 0.0719. The molecule has 0 aromatic carbocycles. The van der Waals surface area contributed by atoms with Gasteiger partial charge in [-0.05, 0) is 0 Å². The van der Waals surface area contributed by atoms with Crippen molar-refractivity contribution in [2.45, 2.75) is 39.4 Å². The fourth-order valence-corrected chi connectivity index (χ4v) is 2.19. The molecule has 11 heteroatoms. The van der Waals surface area contributed by atoms with Crippen LogP contribution in [0, 0.1) is 5.92 Å². The lowest BCUT2D eigenvalue weighted by molar-refractivity contribution is -0.199. The third-order valence-electron chi connectivity index (χ3n) is 3.62. The van der Waals surface area contributed by atoms with Crippen molar-refractivity contribution in [1.29, 1.82) is 0 Å². The topological polar surface area (TPSA) is 137 Å². The number of amides is 4. The number of esters is 1. The Kier molecular flexibility index (Phi) is 6.27. The predicted molar refractivity (Wildman–Crippen MR) is 83.8 cm³/mol. The van der Waals surface area contributed by atoms with Crippen LogP contribution < -0.4 is 0 Å². The number of nitrogens with zero attached hydrogens (tertiary/aromatic N) is 2. The van der Waals surface area contributed by atoms with Gasteiger partial charge in [-0.1, -0.05) is 18.9 Å². The van der Waals surface area contributed by atoms with E-state index in [0.29, 0.717) is 5.06 Å². The Morgan fingerprint density at radius 1 is 1.00 bits per heavy atom. The van der Waals surface area contributed by atoms with Crippen molar-refractivity contribution in [3.63, 3.8) is 0 Å². The SMILES string of the molecule is CC(C)C(OC(=O)CCN1C(=O)C=CC1=O)OC(=O)ON1C(=O)CCC1=O. The van der Waals surface area contributed by atoms with E-state index in [1.807, 2.05) is 0 Å². The van der Waals surface area contributed by atoms with Crippen molar-refractivity contribution in [3.8, 4) is 0 Å². The molecule has 0 spiro atoms. The Labute approximate surface area is 153 Å². The van der Waals surface area contributed by atoms with Gasteiger partial charge in [0.2, 0.25) is 0 Å². The number of carbonyl (C=O) groups is 6. The van der Waals surface area contributed by atoms with E-state index in [0.717, 1.165) is 17.1 Å². The first-order valence-electron chi connectivity index (χ1n) is 8.16. The molecule has 0 radical (unpaired) electrons. The van der Waals surface area contributed by atoms with Gasteiger partial charge in [-0.25, -0.2) is 4.79 Å². The highest BCUT2D eigenvalue weighted by molar-refractivity contribution is 6.13. The molecule has 0 aromatic heterocycles. The van der Waals surface area contributed by atoms with Gasteiger partial charge < -0.3 is 9.47 Å². The standard InChI is InChI=1S/C16H18N2O9/c1-9(2)15(26-16(24)27-18-12(21)5-6-13(18)22)25-14(23)7-8-17-10(19)3-4-11(17)20/h3-4,9,15H,5-8H2,1-2H3. The molecule has 0 aromatic rings. The fraction of sp³-hybridized carbons (Fsp3) is 0.500. The van der Waals surface area contributed by atoms with Gasteiger partial charge in [-0.3, -0.25) is 33.7 Å². The molecule has 27 heavy (non-hydrogen) atoms. The zero-order chi connectivity index (χ0) is 20.1. The molecule has 4 amide bonds. The number of hydrogen-bond donors (Lipinski definition) is 0. The molecule has 1 atom stereocenters. The normalized spacial score (nSPS) is 17.7. The number of hydrogen-bond acceptors (Lipinski definition) is 9. The van der Waals surface area contributed by atoms with Gasteiger partial charge in [0, 0.05) is 37.5 Å². The Morgan fingerprint density at radius 2 is 1.56 bits per heavy atom. The molecular weight excluding hydrogens is 364 g/mol. The first-order valence-corrected chi connectivity index (χ1v) is 8.16. The Morgan fingerprint density at radius 3 is 2.07 bits per heavy atom. The van der Waals surface area contributed by atoms with Crippen LogP contribution in [0.4, 0.5) is 4.79 Å². The summed E-state index contributed by atoms with van der Waals surface area (Å²) in [6, 6.07) is 0. The highest BCUT2D eigenvalue weighted by Crippen LogP contribution is 2.16. The van der Waals surface area contributed by atoms with Gasteiger partial charge >= 0.3 is 12.1 Å². The van der Waals surface area contributed by atoms with Gasteiger partial charge in [-0.2, -0.15) is 0 Å². The molecule has 0 bridgehead atoms. The molecule has 11 nitrogen and oxygen atoms in total. The number of carbonyl (C=O) groups excluding carboxylic acids is 6. The summed E-state index contributed by atoms with van der Waals surface area (Å²) in [4.78, 5) is 74.7. The third kappa shape index (κ3) is 5.12. The highest BCUT2D eigenvalue weighted by atomic mass is 16.9. The van der Waals surface area contributed by atoms with Crippen LogP contribution in [0.25, 0.3) is 0 Å². The van der Waals surface area contributed by atoms with Crippen LogP contribution in [0.2, 0.25) is 0 Å². The summed E-state index contributed by atoms with van der Waals surface area (Å²) in [7, 11) is 0. The van der Waals surface area contributed by atoms with E-state index >= 15 is 0 Å². The van der Waals surface area contributed by atoms with Gasteiger partial charge in [-0.15, -0.1) is 0 Å². The van der Waals surface area contributed by atoms with Crippen molar-refractivity contribution in [2.75, 3.05) is 6.54 Å². The van der Waals surface area contributed by atoms with Crippen molar-refractivity contribution in [3.05, 3.63) is 12.2 Å². The van der Waals surface area contributed by atoms with E-state index < -0.39 is 48.0 Å². The molecule has 1 fully saturated rings. The van der Waals surface area contributed by atoms with Crippen LogP contribution in [0.5, 0.6) is 0 Å². The molecule has 0 aliphatic carbocycles. The first-order chi connectivity index (χ1) is 12.7. The molecule has 2 aliphatic heterocycles. The zero-order valence-electron chi connectivity index (χ0n) is 14.7. The number of ether oxygens (including phenoxy) is 2. The predicted octanol–water partition coefficient (Wildman–Crippen LogP) is 0.0440. The molecule has 1 saturated heterocycles. The smallest absolute Gasteiger partial charge is 0.425 e. The summed E-state index contributed by atoms with van der Waals surface area (Å²) in [6.07, 6.45) is -0.992. The van der Waals surface area contributed by atoms with Crippen LogP contribution in [0.1, 0.15) is 33.1 Å². The number of hydroxylamine groups is 2. The monoisotopic (exact) mass is 382 g/mol. The quantitative estimate of drug-likeness (QED) is 0.339. The molecular formula is C16H18N2O9. The summed E-state index contributed by atoms with van der Waals surface area (Å²) < 4.78 is 9.86. The van der Waals surface area contributed by atoms with Crippen LogP contribution in [-0.2, 0) is 38.3 Å². The average molecular weight is 382 g/mol. The van der Waals surface area contributed by atoms with Gasteiger partial charge in [0.25, 0.3) is 29.9 Å². The van der Waals surface area contributed by atoms with Gasteiger partial charge in [0.1, 0.15) is 0 Å². The van der Waals surface area contributed by atoms with Crippen LogP contribution >= 0.6 is 0 Å². The highest BCUT2D eigenvalue weighted by Gasteiger charge is 2.35. The first kappa shape index (κ1) is 20.1. The lowest BCUT2D eigenvalue weighted by atomic mass is 10.2. The second-order valence-corrected chi connectivity index (χ2v) is 6.05. The Bertz CT molecular complexity index is 679. The summed E-state index contributed by atoms with van der Waals surface area (Å²) in [5, 5.41) is 0.305. The van der Waals surface area contributed by atoms with Gasteiger partial charge in [0.15, 0.2) is 0 Å². The molecule has 2 rings (SSSR count). The maximum Gasteiger partial charge on any atom is 0.537 e. The van der Waals surface area contributed by atoms with E-state index in [9.17, 15) is 28.8 Å². The van der Waals surface area contributed by atoms with Crippen molar-refractivity contribution < 1.29 is 43.1 Å². The second-order valence-electron chi connectivity index (χ2n) is 6.05. The maximum absolute atomic E-state index is 11.9. The molecule has 2 aliphatic rings. The molecule has 1 unspecified atom stereocenters. The minimum Gasteiger partial charge on any atom is -0.425 e. The molecule has 0 saturated carbocycles. The van der Waals surface area contributed by atoms with Gasteiger partial charge in [0.05, 0.1) is 6.42 Å². The fourth-order valence-electron chi connectivity index (χ4n) is 2.19. The molecule has 2 heterocycles. The van der Waals surface area contributed by atoms with E-state index in [2.05, 4.69) is 4.84 Å². The van der Waals surface area contributed by atoms with E-state index in [1.54, 1.807) is 13.8 Å². The van der Waals surface area contributed by atoms with Crippen molar-refractivity contribution in [1.82, 2.24) is 9.96 Å². The van der Waals surface area contributed by atoms with Crippen molar-refractivity contribution >= 4 is 35.8 Å². The summed E-state index contributed by atoms with van der Waals surface area (Å²) >= 11 is 0. The lowest BCUT2D eigenvalue weighted by Gasteiger charge is -2.22. The number of imide groups is 2. The van der Waals surface area contributed by atoms with E-state index in [-0.39, 0.29) is 25.8 Å². The van der Waals surface area contributed by atoms with E-state index in [4.69, 9.17) is 9.47 Å². The van der Waals surface area contributed by atoms with Crippen LogP contribution in [0.3, 0.4) is 0 Å². The van der Waals surface area contributed by atoms with Crippen molar-refractivity contribution in [2.24, 2.45) is 5.92 Å². The summed E-state index contributed by atoms with van der Waals surface area (Å²) in [5.74, 6) is -3.71. The summed E-state index contributed by atoms with van der Waals surface area (Å²) in [5.41, 5.74) is 0. The summed E-state index contributed by atoms with van der Waals surface area (Å²) in [6.45, 7) is 3.00. The average Bonchev–Trinajstić information content (AvgIpc) is 3.08. The van der Waals surface area contributed by atoms with Crippen LogP contribution in [0.15, 0.2) is 12.2 Å². The number of rotatable bonds is 7. The largest absolute Gasteiger partial charge is 0.537 e. The molecule has 146 valence electrons. The zero-order valence-corrected chi connectivity index (χ0v) is 14.7. The van der Waals surface area contributed by atoms with Crippen LogP contribution in [-0.4, -0.2) is 58.6 Å². The third-order valence-corrected chi connectivity index (χ3v) is 3.62. The minimum atomic E-state index is -1.38. The second kappa shape index (κ2) is 8.43.